The number of amides is 1. The van der Waals surface area contributed by atoms with Crippen molar-refractivity contribution in [3.8, 4) is 5.75 Å². The molecule has 2 N–H and O–H groups in total. The number of carbonyl (C=O) groups is 1. The van der Waals surface area contributed by atoms with Gasteiger partial charge in [0.25, 0.3) is 0 Å². The van der Waals surface area contributed by atoms with E-state index in [0.717, 1.165) is 17.1 Å². The lowest BCUT2D eigenvalue weighted by atomic mass is 10.0. The van der Waals surface area contributed by atoms with E-state index in [4.69, 9.17) is 10.5 Å². The van der Waals surface area contributed by atoms with E-state index >= 15 is 0 Å². The van der Waals surface area contributed by atoms with Crippen molar-refractivity contribution in [3.05, 3.63) is 24.3 Å². The quantitative estimate of drug-likeness (QED) is 0.735. The highest BCUT2D eigenvalue weighted by atomic mass is 35.5. The Morgan fingerprint density at radius 2 is 2.09 bits per heavy atom. The molecule has 0 spiro atoms. The summed E-state index contributed by atoms with van der Waals surface area (Å²) in [6.45, 7) is 4.91. The molecule has 0 aliphatic rings. The van der Waals surface area contributed by atoms with Crippen molar-refractivity contribution in [1.29, 1.82) is 0 Å². The number of rotatable bonds is 8. The van der Waals surface area contributed by atoms with Crippen LogP contribution in [0.3, 0.4) is 0 Å². The molecule has 1 amide bonds. The van der Waals surface area contributed by atoms with Crippen molar-refractivity contribution in [1.82, 2.24) is 4.90 Å². The molecule has 1 aromatic rings. The molecule has 4 nitrogen and oxygen atoms in total. The van der Waals surface area contributed by atoms with E-state index in [0.29, 0.717) is 18.2 Å². The van der Waals surface area contributed by atoms with Gasteiger partial charge in [-0.15, -0.1) is 24.2 Å². The van der Waals surface area contributed by atoms with Crippen molar-refractivity contribution < 1.29 is 9.53 Å². The summed E-state index contributed by atoms with van der Waals surface area (Å²) in [6.07, 6.45) is 0.837. The van der Waals surface area contributed by atoms with Gasteiger partial charge in [0.2, 0.25) is 5.91 Å². The van der Waals surface area contributed by atoms with Crippen LogP contribution in [0.1, 0.15) is 20.3 Å². The van der Waals surface area contributed by atoms with Gasteiger partial charge in [0, 0.05) is 24.5 Å². The van der Waals surface area contributed by atoms with Crippen LogP contribution in [-0.4, -0.2) is 43.3 Å². The number of nitrogens with zero attached hydrogens (tertiary/aromatic N) is 1. The van der Waals surface area contributed by atoms with E-state index in [1.807, 2.05) is 31.3 Å². The van der Waals surface area contributed by atoms with Crippen LogP contribution in [0.5, 0.6) is 5.75 Å². The molecule has 6 heteroatoms. The number of carbonyl (C=O) groups excluding carboxylic acids is 1. The summed E-state index contributed by atoms with van der Waals surface area (Å²) in [6, 6.07) is 7.88. The molecule has 22 heavy (non-hydrogen) atoms. The minimum Gasteiger partial charge on any atom is -0.497 e. The molecule has 0 fully saturated rings. The number of thioether (sulfide) groups is 1. The second kappa shape index (κ2) is 10.8. The van der Waals surface area contributed by atoms with E-state index in [-0.39, 0.29) is 24.4 Å². The Hall–Kier alpha value is -0.910. The summed E-state index contributed by atoms with van der Waals surface area (Å²) >= 11 is 1.52. The van der Waals surface area contributed by atoms with Gasteiger partial charge in [-0.3, -0.25) is 4.79 Å². The third kappa shape index (κ3) is 7.38. The molecule has 1 atom stereocenters. The molecule has 1 aromatic carbocycles. The Balaban J connectivity index is 0.00000441. The van der Waals surface area contributed by atoms with E-state index in [9.17, 15) is 4.79 Å². The normalized spacial score (nSPS) is 11.7. The third-order valence-electron chi connectivity index (χ3n) is 3.48. The number of halogens is 1. The lowest BCUT2D eigenvalue weighted by molar-refractivity contribution is -0.127. The molecule has 0 saturated carbocycles. The van der Waals surface area contributed by atoms with Crippen LogP contribution in [-0.2, 0) is 4.79 Å². The van der Waals surface area contributed by atoms with Crippen LogP contribution in [0.25, 0.3) is 0 Å². The average Bonchev–Trinajstić information content (AvgIpc) is 2.49. The summed E-state index contributed by atoms with van der Waals surface area (Å²) in [5, 5.41) is 0. The molecular formula is C16H27ClN2O2S. The molecule has 0 aliphatic carbocycles. The number of ether oxygens (including phenoxy) is 1. The van der Waals surface area contributed by atoms with E-state index in [1.54, 1.807) is 12.0 Å². The maximum absolute atomic E-state index is 12.1. The van der Waals surface area contributed by atoms with Crippen molar-refractivity contribution in [2.24, 2.45) is 11.7 Å². The highest BCUT2D eigenvalue weighted by molar-refractivity contribution is 8.00. The minimum absolute atomic E-state index is 0. The van der Waals surface area contributed by atoms with Crippen LogP contribution < -0.4 is 10.5 Å². The van der Waals surface area contributed by atoms with E-state index in [1.165, 1.54) is 11.8 Å². The van der Waals surface area contributed by atoms with Crippen LogP contribution in [0.4, 0.5) is 0 Å². The molecule has 0 aromatic heterocycles. The van der Waals surface area contributed by atoms with Gasteiger partial charge in [-0.2, -0.15) is 0 Å². The van der Waals surface area contributed by atoms with Crippen LogP contribution >= 0.6 is 24.2 Å². The lowest BCUT2D eigenvalue weighted by Gasteiger charge is -2.21. The molecule has 0 radical (unpaired) electrons. The molecular weight excluding hydrogens is 320 g/mol. The van der Waals surface area contributed by atoms with Crippen molar-refractivity contribution in [2.45, 2.75) is 31.2 Å². The van der Waals surface area contributed by atoms with Gasteiger partial charge in [-0.1, -0.05) is 19.9 Å². The number of hydrogen-bond donors (Lipinski definition) is 1. The zero-order valence-corrected chi connectivity index (χ0v) is 15.4. The Kier molecular flexibility index (Phi) is 10.3. The van der Waals surface area contributed by atoms with Gasteiger partial charge in [0.15, 0.2) is 0 Å². The molecule has 0 bridgehead atoms. The maximum Gasteiger partial charge on any atom is 0.232 e. The third-order valence-corrected chi connectivity index (χ3v) is 4.46. The lowest BCUT2D eigenvalue weighted by Crippen LogP contribution is -2.35. The smallest absolute Gasteiger partial charge is 0.232 e. The van der Waals surface area contributed by atoms with Crippen molar-refractivity contribution in [3.63, 3.8) is 0 Å². The first-order valence-corrected chi connectivity index (χ1v) is 8.19. The first-order valence-electron chi connectivity index (χ1n) is 7.20. The Morgan fingerprint density at radius 3 is 2.68 bits per heavy atom. The maximum atomic E-state index is 12.1. The fourth-order valence-electron chi connectivity index (χ4n) is 1.75. The molecule has 1 rings (SSSR count). The van der Waals surface area contributed by atoms with Gasteiger partial charge in [0.1, 0.15) is 5.75 Å². The predicted molar refractivity (Wildman–Crippen MR) is 96.0 cm³/mol. The highest BCUT2D eigenvalue weighted by Crippen LogP contribution is 2.22. The zero-order chi connectivity index (χ0) is 15.8. The molecule has 0 heterocycles. The highest BCUT2D eigenvalue weighted by Gasteiger charge is 2.13. The van der Waals surface area contributed by atoms with Crippen molar-refractivity contribution in [2.75, 3.05) is 26.5 Å². The van der Waals surface area contributed by atoms with Gasteiger partial charge in [-0.25, -0.2) is 0 Å². The minimum atomic E-state index is 0. The summed E-state index contributed by atoms with van der Waals surface area (Å²) in [5.41, 5.74) is 6.00. The van der Waals surface area contributed by atoms with E-state index in [2.05, 4.69) is 13.8 Å². The standard InChI is InChI=1S/C16H26N2O2S.ClH/c1-12(2)15(17)8-9-18(3)16(19)11-21-14-7-5-6-13(10-14)20-4;/h5-7,10,12,15H,8-9,11,17H2,1-4H3;1H. The summed E-state index contributed by atoms with van der Waals surface area (Å²) < 4.78 is 5.17. The molecule has 0 aliphatic heterocycles. The fraction of sp³-hybridized carbons (Fsp3) is 0.562. The number of methoxy groups -OCH3 is 1. The predicted octanol–water partition coefficient (Wildman–Crippen LogP) is 3.04. The number of benzene rings is 1. The second-order valence-electron chi connectivity index (χ2n) is 5.48. The summed E-state index contributed by atoms with van der Waals surface area (Å²) in [7, 11) is 3.47. The van der Waals surface area contributed by atoms with Gasteiger partial charge >= 0.3 is 0 Å². The molecule has 0 saturated heterocycles. The first kappa shape index (κ1) is 21.1. The van der Waals surface area contributed by atoms with Crippen molar-refractivity contribution >= 4 is 30.1 Å². The second-order valence-corrected chi connectivity index (χ2v) is 6.53. The van der Waals surface area contributed by atoms with Crippen LogP contribution in [0.15, 0.2) is 29.2 Å². The summed E-state index contributed by atoms with van der Waals surface area (Å²) in [4.78, 5) is 14.9. The Labute approximate surface area is 144 Å². The van der Waals surface area contributed by atoms with Gasteiger partial charge in [0.05, 0.1) is 12.9 Å². The summed E-state index contributed by atoms with van der Waals surface area (Å²) in [5.74, 6) is 1.81. The van der Waals surface area contributed by atoms with E-state index < -0.39 is 0 Å². The SMILES string of the molecule is COc1cccc(SCC(=O)N(C)CCC(N)C(C)C)c1.Cl. The molecule has 126 valence electrons. The average molecular weight is 347 g/mol. The number of hydrogen-bond acceptors (Lipinski definition) is 4. The fourth-order valence-corrected chi connectivity index (χ4v) is 2.63. The topological polar surface area (TPSA) is 55.6 Å². The zero-order valence-electron chi connectivity index (χ0n) is 13.7. The largest absolute Gasteiger partial charge is 0.497 e. The first-order chi connectivity index (χ1) is 9.93. The Bertz CT molecular complexity index is 458. The van der Waals surface area contributed by atoms with Gasteiger partial charge < -0.3 is 15.4 Å². The Morgan fingerprint density at radius 1 is 1.41 bits per heavy atom. The van der Waals surface area contributed by atoms with Crippen LogP contribution in [0, 0.1) is 5.92 Å². The monoisotopic (exact) mass is 346 g/mol. The van der Waals surface area contributed by atoms with Gasteiger partial charge in [-0.05, 0) is 30.5 Å². The van der Waals surface area contributed by atoms with Crippen LogP contribution in [0.2, 0.25) is 0 Å². The number of nitrogens with two attached hydrogens (primary N) is 1. The molecule has 1 unspecified atom stereocenters.